The number of nitrogens with two attached hydrogens (primary N) is 1. The zero-order valence-electron chi connectivity index (χ0n) is 13.0. The maximum absolute atomic E-state index is 12.6. The van der Waals surface area contributed by atoms with E-state index in [1.807, 2.05) is 0 Å². The number of nitrogens with one attached hydrogen (secondary N) is 1. The molecule has 124 valence electrons. The highest BCUT2D eigenvalue weighted by Gasteiger charge is 2.28. The molecule has 2 rings (SSSR count). The van der Waals surface area contributed by atoms with E-state index in [-0.39, 0.29) is 10.9 Å². The second kappa shape index (κ2) is 7.30. The highest BCUT2D eigenvalue weighted by atomic mass is 32.2. The van der Waals surface area contributed by atoms with Crippen molar-refractivity contribution in [2.45, 2.75) is 36.6 Å². The first-order valence-electron chi connectivity index (χ1n) is 7.46. The van der Waals surface area contributed by atoms with Crippen molar-refractivity contribution < 1.29 is 17.9 Å². The molecule has 22 heavy (non-hydrogen) atoms. The molecule has 0 aromatic heterocycles. The van der Waals surface area contributed by atoms with E-state index in [1.165, 1.54) is 26.4 Å². The first kappa shape index (κ1) is 17.1. The van der Waals surface area contributed by atoms with E-state index in [1.54, 1.807) is 6.07 Å². The van der Waals surface area contributed by atoms with Crippen LogP contribution in [0.25, 0.3) is 0 Å². The zero-order valence-corrected chi connectivity index (χ0v) is 13.9. The molecule has 1 aromatic carbocycles. The van der Waals surface area contributed by atoms with Crippen LogP contribution in [0.3, 0.4) is 0 Å². The average molecular weight is 328 g/mol. The Balaban J connectivity index is 2.21. The fraction of sp³-hybridized carbons (Fsp3) is 0.600. The monoisotopic (exact) mass is 328 g/mol. The van der Waals surface area contributed by atoms with Gasteiger partial charge in [0.15, 0.2) is 11.5 Å². The van der Waals surface area contributed by atoms with Gasteiger partial charge in [0.05, 0.1) is 19.1 Å². The van der Waals surface area contributed by atoms with E-state index in [0.29, 0.717) is 24.0 Å². The molecule has 1 fully saturated rings. The molecule has 0 amide bonds. The van der Waals surface area contributed by atoms with Crippen molar-refractivity contribution in [2.24, 2.45) is 11.7 Å². The van der Waals surface area contributed by atoms with Crippen LogP contribution in [0.15, 0.2) is 23.1 Å². The van der Waals surface area contributed by atoms with Crippen LogP contribution < -0.4 is 19.9 Å². The maximum Gasteiger partial charge on any atom is 0.241 e. The minimum atomic E-state index is -3.63. The average Bonchev–Trinajstić information content (AvgIpc) is 3.06. The Bertz CT molecular complexity index is 598. The summed E-state index contributed by atoms with van der Waals surface area (Å²) in [6.45, 7) is 0.303. The topological polar surface area (TPSA) is 90.7 Å². The van der Waals surface area contributed by atoms with Crippen LogP contribution in [-0.4, -0.2) is 35.2 Å². The minimum absolute atomic E-state index is 0.154. The molecular weight excluding hydrogens is 304 g/mol. The number of ether oxygens (including phenoxy) is 2. The normalized spacial score (nSPS) is 17.4. The van der Waals surface area contributed by atoms with E-state index in [2.05, 4.69) is 4.72 Å². The van der Waals surface area contributed by atoms with Crippen molar-refractivity contribution in [3.8, 4) is 11.5 Å². The molecule has 1 aliphatic rings. The second-order valence-corrected chi connectivity index (χ2v) is 7.24. The summed E-state index contributed by atoms with van der Waals surface area (Å²) in [6.07, 6.45) is 4.32. The zero-order chi connectivity index (χ0) is 16.2. The molecule has 1 saturated carbocycles. The Labute approximate surface area is 132 Å². The standard InChI is InChI=1S/C15H24N2O4S/c1-20-14-8-7-12(9-15(14)21-2)22(18,19)17-13(10-16)11-5-3-4-6-11/h7-9,11,13,17H,3-6,10,16H2,1-2H3. The first-order valence-corrected chi connectivity index (χ1v) is 8.94. The van der Waals surface area contributed by atoms with Crippen LogP contribution in [0.1, 0.15) is 25.7 Å². The summed E-state index contributed by atoms with van der Waals surface area (Å²) in [6, 6.07) is 4.33. The lowest BCUT2D eigenvalue weighted by Gasteiger charge is -2.23. The van der Waals surface area contributed by atoms with Crippen LogP contribution in [-0.2, 0) is 10.0 Å². The van der Waals surface area contributed by atoms with Crippen LogP contribution in [0.4, 0.5) is 0 Å². The number of methoxy groups -OCH3 is 2. The summed E-state index contributed by atoms with van der Waals surface area (Å²) < 4.78 is 38.2. The molecule has 0 radical (unpaired) electrons. The highest BCUT2D eigenvalue weighted by Crippen LogP contribution is 2.31. The summed E-state index contributed by atoms with van der Waals surface area (Å²) in [5, 5.41) is 0. The third kappa shape index (κ3) is 3.71. The number of rotatable bonds is 7. The number of sulfonamides is 1. The molecule has 1 atom stereocenters. The number of hydrogen-bond acceptors (Lipinski definition) is 5. The summed E-state index contributed by atoms with van der Waals surface area (Å²) in [5.41, 5.74) is 5.77. The fourth-order valence-corrected chi connectivity index (χ4v) is 4.28. The Kier molecular flexibility index (Phi) is 5.66. The van der Waals surface area contributed by atoms with Gasteiger partial charge in [0, 0.05) is 18.7 Å². The summed E-state index contributed by atoms with van der Waals surface area (Å²) in [4.78, 5) is 0.154. The van der Waals surface area contributed by atoms with Gasteiger partial charge in [0.1, 0.15) is 0 Å². The van der Waals surface area contributed by atoms with E-state index >= 15 is 0 Å². The van der Waals surface area contributed by atoms with Crippen molar-refractivity contribution in [1.29, 1.82) is 0 Å². The molecule has 7 heteroatoms. The molecule has 0 heterocycles. The first-order chi connectivity index (χ1) is 10.5. The molecule has 1 aliphatic carbocycles. The molecule has 0 saturated heterocycles. The number of hydrogen-bond donors (Lipinski definition) is 2. The fourth-order valence-electron chi connectivity index (χ4n) is 2.95. The van der Waals surface area contributed by atoms with Crippen LogP contribution in [0, 0.1) is 5.92 Å². The lowest BCUT2D eigenvalue weighted by atomic mass is 9.99. The van der Waals surface area contributed by atoms with Crippen molar-refractivity contribution in [3.05, 3.63) is 18.2 Å². The van der Waals surface area contributed by atoms with Gasteiger partial charge in [-0.3, -0.25) is 0 Å². The molecule has 0 spiro atoms. The van der Waals surface area contributed by atoms with Crippen LogP contribution >= 0.6 is 0 Å². The molecular formula is C15H24N2O4S. The van der Waals surface area contributed by atoms with Crippen molar-refractivity contribution >= 4 is 10.0 Å². The summed E-state index contributed by atoms with van der Waals surface area (Å²) in [7, 11) is -0.648. The maximum atomic E-state index is 12.6. The van der Waals surface area contributed by atoms with E-state index < -0.39 is 10.0 Å². The summed E-state index contributed by atoms with van der Waals surface area (Å²) >= 11 is 0. The van der Waals surface area contributed by atoms with Crippen molar-refractivity contribution in [3.63, 3.8) is 0 Å². The third-order valence-electron chi connectivity index (χ3n) is 4.19. The van der Waals surface area contributed by atoms with Crippen LogP contribution in [0.5, 0.6) is 11.5 Å². The summed E-state index contributed by atoms with van der Waals surface area (Å²) in [5.74, 6) is 1.20. The Morgan fingerprint density at radius 2 is 1.86 bits per heavy atom. The third-order valence-corrected chi connectivity index (χ3v) is 5.68. The van der Waals surface area contributed by atoms with Crippen molar-refractivity contribution in [2.75, 3.05) is 20.8 Å². The molecule has 0 bridgehead atoms. The Morgan fingerprint density at radius 3 is 2.41 bits per heavy atom. The lowest BCUT2D eigenvalue weighted by Crippen LogP contribution is -2.44. The van der Waals surface area contributed by atoms with Gasteiger partial charge in [-0.05, 0) is 30.9 Å². The highest BCUT2D eigenvalue weighted by molar-refractivity contribution is 7.89. The van der Waals surface area contributed by atoms with Gasteiger partial charge in [-0.25, -0.2) is 13.1 Å². The van der Waals surface area contributed by atoms with Crippen LogP contribution in [0.2, 0.25) is 0 Å². The van der Waals surface area contributed by atoms with Gasteiger partial charge in [-0.15, -0.1) is 0 Å². The molecule has 0 aliphatic heterocycles. The van der Waals surface area contributed by atoms with Gasteiger partial charge in [0.25, 0.3) is 0 Å². The SMILES string of the molecule is COc1ccc(S(=O)(=O)NC(CN)C2CCCC2)cc1OC. The van der Waals surface area contributed by atoms with Gasteiger partial charge in [-0.2, -0.15) is 0 Å². The molecule has 1 unspecified atom stereocenters. The van der Waals surface area contributed by atoms with Gasteiger partial charge in [-0.1, -0.05) is 12.8 Å². The largest absolute Gasteiger partial charge is 0.493 e. The lowest BCUT2D eigenvalue weighted by molar-refractivity contribution is 0.353. The molecule has 6 nitrogen and oxygen atoms in total. The van der Waals surface area contributed by atoms with Crippen molar-refractivity contribution in [1.82, 2.24) is 4.72 Å². The van der Waals surface area contributed by atoms with E-state index in [4.69, 9.17) is 15.2 Å². The van der Waals surface area contributed by atoms with E-state index in [9.17, 15) is 8.42 Å². The van der Waals surface area contributed by atoms with Gasteiger partial charge >= 0.3 is 0 Å². The Morgan fingerprint density at radius 1 is 1.23 bits per heavy atom. The predicted molar refractivity (Wildman–Crippen MR) is 84.7 cm³/mol. The quantitative estimate of drug-likeness (QED) is 0.791. The molecule has 3 N–H and O–H groups in total. The Hall–Kier alpha value is -1.31. The second-order valence-electron chi connectivity index (χ2n) is 5.52. The minimum Gasteiger partial charge on any atom is -0.493 e. The smallest absolute Gasteiger partial charge is 0.241 e. The predicted octanol–water partition coefficient (Wildman–Crippen LogP) is 1.50. The molecule has 1 aromatic rings. The van der Waals surface area contributed by atoms with Gasteiger partial charge < -0.3 is 15.2 Å². The number of benzene rings is 1. The van der Waals surface area contributed by atoms with E-state index in [0.717, 1.165) is 25.7 Å². The van der Waals surface area contributed by atoms with Gasteiger partial charge in [0.2, 0.25) is 10.0 Å².